The number of nitrogens with zero attached hydrogens (tertiary/aromatic N) is 3. The highest BCUT2D eigenvalue weighted by molar-refractivity contribution is 5.96. The van der Waals surface area contributed by atoms with Crippen molar-refractivity contribution >= 4 is 11.6 Å². The number of aryl methyl sites for hydroxylation is 1. The Morgan fingerprint density at radius 3 is 2.56 bits per heavy atom. The van der Waals surface area contributed by atoms with E-state index in [1.807, 2.05) is 36.4 Å². The van der Waals surface area contributed by atoms with Gasteiger partial charge in [-0.2, -0.15) is 4.98 Å². The van der Waals surface area contributed by atoms with Crippen LogP contribution in [0.25, 0.3) is 11.4 Å². The van der Waals surface area contributed by atoms with Gasteiger partial charge in [-0.15, -0.1) is 0 Å². The molecule has 6 heteroatoms. The van der Waals surface area contributed by atoms with E-state index in [1.165, 1.54) is 5.56 Å². The number of ether oxygens (including phenoxy) is 1. The molecule has 1 unspecified atom stereocenters. The summed E-state index contributed by atoms with van der Waals surface area (Å²) in [6.45, 7) is 2.65. The highest BCUT2D eigenvalue weighted by Crippen LogP contribution is 2.32. The highest BCUT2D eigenvalue weighted by Gasteiger charge is 2.35. The van der Waals surface area contributed by atoms with Crippen LogP contribution in [-0.2, 0) is 11.2 Å². The number of aromatic nitrogens is 2. The summed E-state index contributed by atoms with van der Waals surface area (Å²) in [5.41, 5.74) is 3.02. The summed E-state index contributed by atoms with van der Waals surface area (Å²) in [7, 11) is 1.62. The minimum Gasteiger partial charge on any atom is -0.497 e. The smallest absolute Gasteiger partial charge is 0.232 e. The second kappa shape index (κ2) is 7.23. The molecule has 1 aromatic heterocycles. The van der Waals surface area contributed by atoms with E-state index in [-0.39, 0.29) is 11.8 Å². The van der Waals surface area contributed by atoms with E-state index in [4.69, 9.17) is 9.26 Å². The van der Waals surface area contributed by atoms with Crippen LogP contribution in [0.15, 0.2) is 53.1 Å². The normalized spacial score (nSPS) is 16.7. The lowest BCUT2D eigenvalue weighted by Crippen LogP contribution is -2.24. The lowest BCUT2D eigenvalue weighted by molar-refractivity contribution is -0.117. The van der Waals surface area contributed by atoms with Crippen LogP contribution in [0.3, 0.4) is 0 Å². The molecular formula is C21H21N3O3. The monoisotopic (exact) mass is 363 g/mol. The minimum atomic E-state index is -0.101. The lowest BCUT2D eigenvalue weighted by atomic mass is 10.1. The number of hydrogen-bond acceptors (Lipinski definition) is 5. The fourth-order valence-corrected chi connectivity index (χ4v) is 3.29. The first-order chi connectivity index (χ1) is 13.2. The first-order valence-electron chi connectivity index (χ1n) is 9.05. The number of anilines is 1. The van der Waals surface area contributed by atoms with Gasteiger partial charge in [-0.05, 0) is 36.2 Å². The predicted molar refractivity (Wildman–Crippen MR) is 102 cm³/mol. The summed E-state index contributed by atoms with van der Waals surface area (Å²) >= 11 is 0. The molecule has 3 aromatic rings. The second-order valence-corrected chi connectivity index (χ2v) is 6.61. The number of benzene rings is 2. The molecule has 27 heavy (non-hydrogen) atoms. The first-order valence-corrected chi connectivity index (χ1v) is 9.05. The van der Waals surface area contributed by atoms with Gasteiger partial charge in [0.05, 0.1) is 13.0 Å². The van der Waals surface area contributed by atoms with Crippen molar-refractivity contribution in [3.8, 4) is 17.1 Å². The Labute approximate surface area is 157 Å². The van der Waals surface area contributed by atoms with Crippen molar-refractivity contribution < 1.29 is 14.1 Å². The summed E-state index contributed by atoms with van der Waals surface area (Å²) in [6.07, 6.45) is 1.35. The number of carbonyl (C=O) groups is 1. The molecule has 0 radical (unpaired) electrons. The van der Waals surface area contributed by atoms with Crippen LogP contribution in [0, 0.1) is 0 Å². The Hall–Kier alpha value is -3.15. The quantitative estimate of drug-likeness (QED) is 0.689. The zero-order valence-corrected chi connectivity index (χ0v) is 15.4. The maximum atomic E-state index is 12.5. The standard InChI is InChI=1S/C21H21N3O3/c1-3-14-4-6-15(7-5-14)20-22-21(27-23-20)16-12-19(25)24(13-16)17-8-10-18(26-2)11-9-17/h4-11,16H,3,12-13H2,1-2H3. The summed E-state index contributed by atoms with van der Waals surface area (Å²) < 4.78 is 10.6. The highest BCUT2D eigenvalue weighted by atomic mass is 16.5. The van der Waals surface area contributed by atoms with Gasteiger partial charge < -0.3 is 14.2 Å². The van der Waals surface area contributed by atoms with E-state index in [1.54, 1.807) is 12.0 Å². The molecular weight excluding hydrogens is 342 g/mol. The number of amides is 1. The number of hydrogen-bond donors (Lipinski definition) is 0. The topological polar surface area (TPSA) is 68.5 Å². The molecule has 0 bridgehead atoms. The molecule has 2 aromatic carbocycles. The van der Waals surface area contributed by atoms with E-state index in [9.17, 15) is 4.79 Å². The van der Waals surface area contributed by atoms with E-state index >= 15 is 0 Å². The maximum absolute atomic E-state index is 12.5. The molecule has 4 rings (SSSR count). The fourth-order valence-electron chi connectivity index (χ4n) is 3.29. The largest absolute Gasteiger partial charge is 0.497 e. The average molecular weight is 363 g/mol. The van der Waals surface area contributed by atoms with Gasteiger partial charge in [0.2, 0.25) is 17.6 Å². The van der Waals surface area contributed by atoms with Crippen molar-refractivity contribution in [2.24, 2.45) is 0 Å². The van der Waals surface area contributed by atoms with Gasteiger partial charge in [-0.25, -0.2) is 0 Å². The molecule has 1 atom stereocenters. The molecule has 0 N–H and O–H groups in total. The summed E-state index contributed by atoms with van der Waals surface area (Å²) in [5, 5.41) is 4.10. The van der Waals surface area contributed by atoms with Crippen molar-refractivity contribution in [3.63, 3.8) is 0 Å². The zero-order valence-electron chi connectivity index (χ0n) is 15.4. The van der Waals surface area contributed by atoms with Crippen LogP contribution in [0.1, 0.15) is 30.7 Å². The molecule has 0 aliphatic carbocycles. The molecule has 1 aliphatic heterocycles. The van der Waals surface area contributed by atoms with E-state index in [0.717, 1.165) is 23.4 Å². The summed E-state index contributed by atoms with van der Waals surface area (Å²) in [4.78, 5) is 18.8. The maximum Gasteiger partial charge on any atom is 0.232 e. The van der Waals surface area contributed by atoms with Crippen LogP contribution in [0.4, 0.5) is 5.69 Å². The molecule has 1 aliphatic rings. The molecule has 138 valence electrons. The number of methoxy groups -OCH3 is 1. The fraction of sp³-hybridized carbons (Fsp3) is 0.286. The van der Waals surface area contributed by atoms with Crippen molar-refractivity contribution in [2.75, 3.05) is 18.6 Å². The van der Waals surface area contributed by atoms with Crippen LogP contribution >= 0.6 is 0 Å². The van der Waals surface area contributed by atoms with Crippen molar-refractivity contribution in [2.45, 2.75) is 25.7 Å². The van der Waals surface area contributed by atoms with Gasteiger partial charge in [-0.3, -0.25) is 4.79 Å². The summed E-state index contributed by atoms with van der Waals surface area (Å²) in [5.74, 6) is 1.78. The second-order valence-electron chi connectivity index (χ2n) is 6.61. The SMILES string of the molecule is CCc1ccc(-c2noc(C3CC(=O)N(c4ccc(OC)cc4)C3)n2)cc1. The number of rotatable bonds is 5. The Kier molecular flexibility index (Phi) is 4.62. The van der Waals surface area contributed by atoms with Crippen LogP contribution in [0.2, 0.25) is 0 Å². The number of carbonyl (C=O) groups excluding carboxylic acids is 1. The zero-order chi connectivity index (χ0) is 18.8. The van der Waals surface area contributed by atoms with E-state index in [0.29, 0.717) is 24.7 Å². The third kappa shape index (κ3) is 3.43. The Morgan fingerprint density at radius 1 is 1.15 bits per heavy atom. The van der Waals surface area contributed by atoms with Crippen molar-refractivity contribution in [1.29, 1.82) is 0 Å². The van der Waals surface area contributed by atoms with Gasteiger partial charge in [0, 0.05) is 24.2 Å². The van der Waals surface area contributed by atoms with Crippen molar-refractivity contribution in [3.05, 3.63) is 60.0 Å². The third-order valence-corrected chi connectivity index (χ3v) is 4.92. The molecule has 1 fully saturated rings. The minimum absolute atomic E-state index is 0.0530. The predicted octanol–water partition coefficient (Wildman–Crippen LogP) is 3.83. The first kappa shape index (κ1) is 17.3. The molecule has 0 spiro atoms. The van der Waals surface area contributed by atoms with Crippen LogP contribution < -0.4 is 9.64 Å². The Bertz CT molecular complexity index is 932. The Morgan fingerprint density at radius 2 is 1.89 bits per heavy atom. The molecule has 1 amide bonds. The van der Waals surface area contributed by atoms with Gasteiger partial charge in [0.1, 0.15) is 5.75 Å². The van der Waals surface area contributed by atoms with Gasteiger partial charge in [0.25, 0.3) is 0 Å². The molecule has 0 saturated carbocycles. The third-order valence-electron chi connectivity index (χ3n) is 4.92. The lowest BCUT2D eigenvalue weighted by Gasteiger charge is -2.16. The molecule has 1 saturated heterocycles. The molecule has 2 heterocycles. The molecule has 6 nitrogen and oxygen atoms in total. The van der Waals surface area contributed by atoms with E-state index in [2.05, 4.69) is 29.2 Å². The average Bonchev–Trinajstić information content (AvgIpc) is 3.35. The van der Waals surface area contributed by atoms with E-state index < -0.39 is 0 Å². The van der Waals surface area contributed by atoms with Gasteiger partial charge in [-0.1, -0.05) is 36.3 Å². The Balaban J connectivity index is 1.51. The van der Waals surface area contributed by atoms with Crippen LogP contribution in [0.5, 0.6) is 5.75 Å². The van der Waals surface area contributed by atoms with Gasteiger partial charge >= 0.3 is 0 Å². The van der Waals surface area contributed by atoms with Gasteiger partial charge in [0.15, 0.2) is 0 Å². The van der Waals surface area contributed by atoms with Crippen molar-refractivity contribution in [1.82, 2.24) is 10.1 Å². The van der Waals surface area contributed by atoms with Crippen LogP contribution in [-0.4, -0.2) is 29.7 Å². The summed E-state index contributed by atoms with van der Waals surface area (Å²) in [6, 6.07) is 15.6.